The predicted octanol–water partition coefficient (Wildman–Crippen LogP) is 10.3. The van der Waals surface area contributed by atoms with Crippen LogP contribution in [0.1, 0.15) is 81.7 Å². The Labute approximate surface area is 282 Å². The number of nitrogens with zero attached hydrogens (tertiary/aromatic N) is 2. The summed E-state index contributed by atoms with van der Waals surface area (Å²) < 4.78 is 0. The number of nitriles is 1. The van der Waals surface area contributed by atoms with E-state index >= 15 is 0 Å². The third-order valence-corrected chi connectivity index (χ3v) is 10.8. The largest absolute Gasteiger partial charge is 0.666 e. The van der Waals surface area contributed by atoms with Gasteiger partial charge in [0.2, 0.25) is 0 Å². The van der Waals surface area contributed by atoms with Gasteiger partial charge in [0.15, 0.2) is 0 Å². The van der Waals surface area contributed by atoms with E-state index in [4.69, 9.17) is 5.32 Å². The molecule has 6 aromatic rings. The standard InChI is InChI=1S/C45H34N3/c1-44(2)36-19-8-10-21-38(36)45(39-22-11-9-20-37(39)44)35-18-7-6-17-33(35)34-24-23-31(26-40(34)45)42-27-41(30-14-4-3-5-15-30)47-43(48-42)32-16-12-13-29(25-32)28-46/h3-27,41,43,47H,1-2H3/q-1. The minimum absolute atomic E-state index is 0.0502. The zero-order chi connectivity index (χ0) is 32.5. The molecule has 0 saturated carbocycles. The van der Waals surface area contributed by atoms with Crippen molar-refractivity contribution in [3.8, 4) is 17.2 Å². The summed E-state index contributed by atoms with van der Waals surface area (Å²) in [4.78, 5) is 0. The van der Waals surface area contributed by atoms with Gasteiger partial charge in [-0.1, -0.05) is 153 Å². The molecule has 2 aliphatic carbocycles. The Bertz CT molecular complexity index is 2260. The second kappa shape index (κ2) is 10.7. The minimum Gasteiger partial charge on any atom is -0.666 e. The monoisotopic (exact) mass is 616 g/mol. The van der Waals surface area contributed by atoms with E-state index in [0.717, 1.165) is 16.8 Å². The van der Waals surface area contributed by atoms with Gasteiger partial charge in [0, 0.05) is 11.5 Å². The molecular formula is C45H34N3-. The highest BCUT2D eigenvalue weighted by molar-refractivity contribution is 5.90. The molecule has 0 fully saturated rings. The molecule has 3 heteroatoms. The molecule has 2 unspecified atom stereocenters. The SMILES string of the molecule is CC1(C)c2ccccc2C2(c3ccccc3-c3ccc(C4=CC(c5ccccc5)NC(c5cccc(C#N)c5)[N-]4)cc32)c2ccccc21. The van der Waals surface area contributed by atoms with Crippen molar-refractivity contribution in [3.63, 3.8) is 0 Å². The van der Waals surface area contributed by atoms with E-state index in [-0.39, 0.29) is 17.6 Å². The van der Waals surface area contributed by atoms with Crippen LogP contribution in [0.3, 0.4) is 0 Å². The Hall–Kier alpha value is -5.69. The van der Waals surface area contributed by atoms with Gasteiger partial charge >= 0.3 is 0 Å². The maximum absolute atomic E-state index is 9.66. The number of hydrogen-bond donors (Lipinski definition) is 1. The molecule has 48 heavy (non-hydrogen) atoms. The molecule has 1 N–H and O–H groups in total. The Morgan fingerprint density at radius 1 is 0.583 bits per heavy atom. The Balaban J connectivity index is 1.28. The highest BCUT2D eigenvalue weighted by Crippen LogP contribution is 2.62. The van der Waals surface area contributed by atoms with Gasteiger partial charge in [-0.15, -0.1) is 5.70 Å². The third kappa shape index (κ3) is 4.03. The highest BCUT2D eigenvalue weighted by Gasteiger charge is 2.53. The maximum Gasteiger partial charge on any atom is 0.0991 e. The fourth-order valence-corrected chi connectivity index (χ4v) is 8.59. The zero-order valence-corrected chi connectivity index (χ0v) is 27.0. The van der Waals surface area contributed by atoms with Crippen molar-refractivity contribution in [2.75, 3.05) is 0 Å². The molecule has 0 amide bonds. The minimum atomic E-state index is -0.461. The average molecular weight is 617 g/mol. The molecule has 230 valence electrons. The lowest BCUT2D eigenvalue weighted by Crippen LogP contribution is -2.40. The van der Waals surface area contributed by atoms with Crippen LogP contribution in [0.2, 0.25) is 0 Å². The van der Waals surface area contributed by atoms with Crippen LogP contribution in [0.25, 0.3) is 22.1 Å². The summed E-state index contributed by atoms with van der Waals surface area (Å²) in [5.41, 5.74) is 14.8. The lowest BCUT2D eigenvalue weighted by atomic mass is 9.55. The summed E-state index contributed by atoms with van der Waals surface area (Å²) in [6, 6.07) is 54.6. The first-order valence-electron chi connectivity index (χ1n) is 16.7. The van der Waals surface area contributed by atoms with Gasteiger partial charge in [-0.2, -0.15) is 5.26 Å². The molecule has 3 nitrogen and oxygen atoms in total. The highest BCUT2D eigenvalue weighted by atomic mass is 15.2. The summed E-state index contributed by atoms with van der Waals surface area (Å²) in [5.74, 6) is 0. The van der Waals surface area contributed by atoms with Crippen LogP contribution in [-0.2, 0) is 10.8 Å². The molecule has 2 atom stereocenters. The second-order valence-electron chi connectivity index (χ2n) is 13.6. The van der Waals surface area contributed by atoms with Crippen LogP contribution < -0.4 is 5.32 Å². The van der Waals surface area contributed by atoms with Crippen molar-refractivity contribution < 1.29 is 0 Å². The fourth-order valence-electron chi connectivity index (χ4n) is 8.59. The van der Waals surface area contributed by atoms with Crippen LogP contribution >= 0.6 is 0 Å². The third-order valence-electron chi connectivity index (χ3n) is 10.8. The average Bonchev–Trinajstić information content (AvgIpc) is 3.44. The van der Waals surface area contributed by atoms with Crippen molar-refractivity contribution in [3.05, 3.63) is 213 Å². The normalized spacial score (nSPS) is 19.1. The van der Waals surface area contributed by atoms with E-state index in [1.54, 1.807) is 0 Å². The molecule has 1 heterocycles. The maximum atomic E-state index is 9.66. The topological polar surface area (TPSA) is 49.9 Å². The molecule has 3 aliphatic rings. The van der Waals surface area contributed by atoms with Crippen LogP contribution in [0, 0.1) is 11.3 Å². The molecule has 1 aliphatic heterocycles. The summed E-state index contributed by atoms with van der Waals surface area (Å²) in [6.45, 7) is 4.72. The van der Waals surface area contributed by atoms with E-state index in [0.29, 0.717) is 5.56 Å². The summed E-state index contributed by atoms with van der Waals surface area (Å²) >= 11 is 0. The van der Waals surface area contributed by atoms with E-state index in [1.807, 2.05) is 24.3 Å². The molecule has 0 radical (unpaired) electrons. The number of hydrogen-bond acceptors (Lipinski definition) is 2. The second-order valence-corrected chi connectivity index (χ2v) is 13.6. The quantitative estimate of drug-likeness (QED) is 0.215. The van der Waals surface area contributed by atoms with Gasteiger partial charge in [-0.25, -0.2) is 0 Å². The Morgan fingerprint density at radius 2 is 1.19 bits per heavy atom. The fraction of sp³-hybridized carbons (Fsp3) is 0.133. The smallest absolute Gasteiger partial charge is 0.0991 e. The number of rotatable bonds is 3. The molecule has 0 saturated heterocycles. The van der Waals surface area contributed by atoms with Gasteiger partial charge in [0.1, 0.15) is 0 Å². The lowest BCUT2D eigenvalue weighted by Gasteiger charge is -2.47. The van der Waals surface area contributed by atoms with Crippen LogP contribution in [0.5, 0.6) is 0 Å². The van der Waals surface area contributed by atoms with Gasteiger partial charge in [-0.05, 0) is 79.5 Å². The number of fused-ring (bicyclic) bond motifs is 9. The van der Waals surface area contributed by atoms with Crippen molar-refractivity contribution in [2.45, 2.75) is 36.9 Å². The van der Waals surface area contributed by atoms with Crippen molar-refractivity contribution in [1.29, 1.82) is 5.26 Å². The van der Waals surface area contributed by atoms with E-state index < -0.39 is 5.41 Å². The van der Waals surface area contributed by atoms with Crippen LogP contribution in [0.15, 0.2) is 152 Å². The molecule has 9 rings (SSSR count). The van der Waals surface area contributed by atoms with Gasteiger partial charge in [0.25, 0.3) is 0 Å². The van der Waals surface area contributed by atoms with Gasteiger partial charge in [0.05, 0.1) is 17.0 Å². The van der Waals surface area contributed by atoms with Crippen LogP contribution in [0.4, 0.5) is 0 Å². The van der Waals surface area contributed by atoms with Crippen molar-refractivity contribution >= 4 is 5.70 Å². The van der Waals surface area contributed by atoms with E-state index in [1.165, 1.54) is 50.1 Å². The zero-order valence-electron chi connectivity index (χ0n) is 27.0. The first kappa shape index (κ1) is 28.5. The van der Waals surface area contributed by atoms with Crippen molar-refractivity contribution in [2.24, 2.45) is 0 Å². The van der Waals surface area contributed by atoms with Gasteiger partial charge in [-0.3, -0.25) is 0 Å². The predicted molar refractivity (Wildman–Crippen MR) is 193 cm³/mol. The molecular weight excluding hydrogens is 583 g/mol. The summed E-state index contributed by atoms with van der Waals surface area (Å²) in [6.07, 6.45) is 1.95. The summed E-state index contributed by atoms with van der Waals surface area (Å²) in [7, 11) is 0. The molecule has 0 aromatic heterocycles. The Kier molecular flexibility index (Phi) is 6.34. The first-order valence-corrected chi connectivity index (χ1v) is 16.7. The molecule has 6 aromatic carbocycles. The number of nitrogens with one attached hydrogen (secondary N) is 1. The van der Waals surface area contributed by atoms with E-state index in [2.05, 4.69) is 153 Å². The van der Waals surface area contributed by atoms with E-state index in [9.17, 15) is 5.26 Å². The molecule has 0 bridgehead atoms. The first-order chi connectivity index (χ1) is 23.5. The lowest BCUT2D eigenvalue weighted by molar-refractivity contribution is 0.541. The number of benzene rings is 6. The van der Waals surface area contributed by atoms with Crippen molar-refractivity contribution in [1.82, 2.24) is 5.32 Å². The summed E-state index contributed by atoms with van der Waals surface area (Å²) in [5, 5.41) is 18.7. The van der Waals surface area contributed by atoms with Crippen LogP contribution in [-0.4, -0.2) is 0 Å². The molecule has 1 spiro atoms. The van der Waals surface area contributed by atoms with Gasteiger partial charge < -0.3 is 10.6 Å². The Morgan fingerprint density at radius 3 is 1.90 bits per heavy atom.